The fourth-order valence-electron chi connectivity index (χ4n) is 4.63. The summed E-state index contributed by atoms with van der Waals surface area (Å²) in [5.41, 5.74) is 4.74. The number of nitrogens with zero attached hydrogens (tertiary/aromatic N) is 3. The monoisotopic (exact) mass is 547 g/mol. The zero-order valence-electron chi connectivity index (χ0n) is 20.7. The molecule has 2 N–H and O–H groups in total. The molecule has 7 nitrogen and oxygen atoms in total. The summed E-state index contributed by atoms with van der Waals surface area (Å²) in [7, 11) is 0. The van der Waals surface area contributed by atoms with Gasteiger partial charge in [0.15, 0.2) is 0 Å². The van der Waals surface area contributed by atoms with Crippen molar-refractivity contribution in [2.75, 3.05) is 36.5 Å². The highest BCUT2D eigenvalue weighted by molar-refractivity contribution is 8.05. The van der Waals surface area contributed by atoms with Crippen LogP contribution >= 0.6 is 23.5 Å². The Morgan fingerprint density at radius 2 is 1.92 bits per heavy atom. The maximum Gasteiger partial charge on any atom is 0.250 e. The van der Waals surface area contributed by atoms with E-state index in [-0.39, 0.29) is 11.6 Å². The second-order valence-electron chi connectivity index (χ2n) is 9.15. The molecule has 0 amide bonds. The number of rotatable bonds is 6. The third kappa shape index (κ3) is 5.16. The molecule has 1 fully saturated rings. The van der Waals surface area contributed by atoms with Crippen LogP contribution < -0.4 is 15.8 Å². The van der Waals surface area contributed by atoms with Crippen molar-refractivity contribution in [3.8, 4) is 11.3 Å². The third-order valence-electron chi connectivity index (χ3n) is 6.56. The van der Waals surface area contributed by atoms with E-state index < -0.39 is 6.67 Å². The number of nitrogens with one attached hydrogen (secondary N) is 2. The summed E-state index contributed by atoms with van der Waals surface area (Å²) < 4.78 is 18.5. The number of aromatic nitrogens is 3. The predicted octanol–water partition coefficient (Wildman–Crippen LogP) is 5.93. The lowest BCUT2D eigenvalue weighted by Crippen LogP contribution is -2.36. The number of H-pyrrole nitrogens is 1. The fourth-order valence-corrected chi connectivity index (χ4v) is 7.04. The number of alkyl halides is 1. The topological polar surface area (TPSA) is 83.1 Å². The van der Waals surface area contributed by atoms with Gasteiger partial charge in [-0.3, -0.25) is 4.79 Å². The molecule has 2 aromatic carbocycles. The lowest BCUT2D eigenvalue weighted by Gasteiger charge is -2.29. The van der Waals surface area contributed by atoms with Gasteiger partial charge in [-0.25, -0.2) is 14.4 Å². The first-order valence-corrected chi connectivity index (χ1v) is 14.0. The van der Waals surface area contributed by atoms with Gasteiger partial charge in [0.1, 0.15) is 13.0 Å². The number of ether oxygens (including phenoxy) is 1. The van der Waals surface area contributed by atoms with E-state index in [9.17, 15) is 9.18 Å². The molecule has 2 aromatic heterocycles. The number of fused-ring (bicyclic) bond motifs is 2. The van der Waals surface area contributed by atoms with E-state index in [2.05, 4.69) is 61.6 Å². The van der Waals surface area contributed by atoms with E-state index in [4.69, 9.17) is 4.74 Å². The lowest BCUT2D eigenvalue weighted by molar-refractivity contribution is 0.122. The molecule has 1 saturated heterocycles. The Morgan fingerprint density at radius 1 is 1.05 bits per heavy atom. The van der Waals surface area contributed by atoms with Crippen LogP contribution in [0.1, 0.15) is 24.4 Å². The molecule has 0 aliphatic carbocycles. The van der Waals surface area contributed by atoms with E-state index >= 15 is 0 Å². The minimum Gasteiger partial charge on any atom is -0.378 e. The number of hydrogen-bond acceptors (Lipinski definition) is 8. The summed E-state index contributed by atoms with van der Waals surface area (Å²) in [6.07, 6.45) is 1.40. The quantitative estimate of drug-likeness (QED) is 0.271. The smallest absolute Gasteiger partial charge is 0.250 e. The number of aromatic amines is 1. The van der Waals surface area contributed by atoms with Crippen LogP contribution in [0.25, 0.3) is 11.3 Å². The minimum absolute atomic E-state index is 0.1000. The molecule has 1 atom stereocenters. The highest BCUT2D eigenvalue weighted by Crippen LogP contribution is 2.52. The van der Waals surface area contributed by atoms with Crippen LogP contribution in [0.15, 0.2) is 85.3 Å². The summed E-state index contributed by atoms with van der Waals surface area (Å²) >= 11 is 3.43. The number of morpholine rings is 1. The van der Waals surface area contributed by atoms with Gasteiger partial charge in [-0.15, -0.1) is 0 Å². The van der Waals surface area contributed by atoms with Crippen LogP contribution in [0.2, 0.25) is 0 Å². The maximum absolute atomic E-state index is 13.0. The van der Waals surface area contributed by atoms with E-state index in [0.29, 0.717) is 18.9 Å². The zero-order valence-corrected chi connectivity index (χ0v) is 22.4. The minimum atomic E-state index is -0.609. The summed E-state index contributed by atoms with van der Waals surface area (Å²) in [5.74, 6) is 0. The maximum atomic E-state index is 13.0. The molecule has 0 spiro atoms. The Kier molecular flexibility index (Phi) is 7.10. The van der Waals surface area contributed by atoms with Crippen LogP contribution in [0.5, 0.6) is 0 Å². The van der Waals surface area contributed by atoms with Crippen molar-refractivity contribution >= 4 is 34.9 Å². The number of pyridine rings is 1. The van der Waals surface area contributed by atoms with Crippen LogP contribution in [0.3, 0.4) is 0 Å². The number of hydrogen-bond donors (Lipinski definition) is 2. The molecule has 2 aliphatic rings. The van der Waals surface area contributed by atoms with Gasteiger partial charge in [0.2, 0.25) is 5.56 Å². The molecule has 6 rings (SSSR count). The van der Waals surface area contributed by atoms with Gasteiger partial charge in [0.25, 0.3) is 0 Å². The van der Waals surface area contributed by atoms with E-state index in [1.54, 1.807) is 35.7 Å². The zero-order chi connectivity index (χ0) is 26.1. The van der Waals surface area contributed by atoms with Crippen molar-refractivity contribution in [2.45, 2.75) is 39.2 Å². The average molecular weight is 548 g/mol. The van der Waals surface area contributed by atoms with Gasteiger partial charge in [0.05, 0.1) is 36.3 Å². The van der Waals surface area contributed by atoms with Crippen LogP contribution in [-0.2, 0) is 11.4 Å². The summed E-state index contributed by atoms with van der Waals surface area (Å²) in [6.45, 7) is 4.27. The normalized spacial score (nSPS) is 15.5. The first-order chi connectivity index (χ1) is 18.6. The fraction of sp³-hybridized carbons (Fsp3) is 0.250. The second-order valence-corrected chi connectivity index (χ2v) is 11.3. The molecular weight excluding hydrogens is 521 g/mol. The van der Waals surface area contributed by atoms with Crippen LogP contribution in [0, 0.1) is 0 Å². The van der Waals surface area contributed by atoms with Gasteiger partial charge in [-0.05, 0) is 43.3 Å². The molecule has 194 valence electrons. The average Bonchev–Trinajstić information content (AvgIpc) is 2.96. The number of benzene rings is 2. The van der Waals surface area contributed by atoms with Gasteiger partial charge < -0.3 is 19.9 Å². The Bertz CT molecular complexity index is 1540. The van der Waals surface area contributed by atoms with Crippen LogP contribution in [-0.4, -0.2) is 41.3 Å². The van der Waals surface area contributed by atoms with Crippen molar-refractivity contribution in [3.05, 3.63) is 82.7 Å². The Hall–Kier alpha value is -3.34. The summed E-state index contributed by atoms with van der Waals surface area (Å²) in [4.78, 5) is 30.7. The van der Waals surface area contributed by atoms with Gasteiger partial charge in [0, 0.05) is 55.7 Å². The Labute approximate surface area is 228 Å². The molecule has 4 heterocycles. The molecule has 2 aliphatic heterocycles. The van der Waals surface area contributed by atoms with Gasteiger partial charge in [-0.2, -0.15) is 0 Å². The highest BCUT2D eigenvalue weighted by Gasteiger charge is 2.22. The third-order valence-corrected chi connectivity index (χ3v) is 9.15. The molecule has 10 heteroatoms. The SMILES string of the molecule is CC(Nc1ccc2c(c1)Sc1cccc(-c3cc(N4CCOCC4)cc(=O)[nH]3)c1S2)c1cc(CF)ncn1. The Morgan fingerprint density at radius 3 is 2.76 bits per heavy atom. The van der Waals surface area contributed by atoms with Gasteiger partial charge >= 0.3 is 0 Å². The largest absolute Gasteiger partial charge is 0.378 e. The Balaban J connectivity index is 1.26. The van der Waals surface area contributed by atoms with Crippen molar-refractivity contribution in [1.82, 2.24) is 15.0 Å². The summed E-state index contributed by atoms with van der Waals surface area (Å²) in [6, 6.07) is 17.8. The van der Waals surface area contributed by atoms with Crippen molar-refractivity contribution in [1.29, 1.82) is 0 Å². The molecule has 0 radical (unpaired) electrons. The first-order valence-electron chi connectivity index (χ1n) is 12.4. The van der Waals surface area contributed by atoms with Crippen LogP contribution in [0.4, 0.5) is 15.8 Å². The number of halogens is 1. The lowest BCUT2D eigenvalue weighted by atomic mass is 10.1. The highest BCUT2D eigenvalue weighted by atomic mass is 32.2. The number of anilines is 2. The molecule has 1 unspecified atom stereocenters. The molecule has 0 bridgehead atoms. The van der Waals surface area contributed by atoms with Crippen molar-refractivity contribution < 1.29 is 9.13 Å². The molecular formula is C28H26FN5O2S2. The van der Waals surface area contributed by atoms with E-state index in [0.717, 1.165) is 61.0 Å². The standard InChI is InChI=1S/C28H26FN5O2S2/c1-17(22-11-19(15-29)30-16-31-22)32-18-5-6-24-26(12-18)37-25-4-2-3-21(28(25)38-24)23-13-20(14-27(35)33-23)34-7-9-36-10-8-34/h2-6,11-14,16-17,32H,7-10,15H2,1H3,(H,33,35). The molecule has 0 saturated carbocycles. The predicted molar refractivity (Wildman–Crippen MR) is 149 cm³/mol. The second kappa shape index (κ2) is 10.8. The van der Waals surface area contributed by atoms with Gasteiger partial charge in [-0.1, -0.05) is 35.7 Å². The van der Waals surface area contributed by atoms with Crippen molar-refractivity contribution in [2.24, 2.45) is 0 Å². The van der Waals surface area contributed by atoms with E-state index in [1.165, 1.54) is 6.33 Å². The molecule has 4 aromatic rings. The molecule has 38 heavy (non-hydrogen) atoms. The first kappa shape index (κ1) is 25.0. The summed E-state index contributed by atoms with van der Waals surface area (Å²) in [5, 5.41) is 3.48. The van der Waals surface area contributed by atoms with E-state index in [1.807, 2.05) is 13.0 Å². The van der Waals surface area contributed by atoms with Crippen molar-refractivity contribution in [3.63, 3.8) is 0 Å².